The first-order chi connectivity index (χ1) is 10.0. The van der Waals surface area contributed by atoms with Gasteiger partial charge in [0.05, 0.1) is 15.5 Å². The third-order valence-corrected chi connectivity index (χ3v) is 3.38. The minimum absolute atomic E-state index is 0.00142. The fourth-order valence-corrected chi connectivity index (χ4v) is 2.24. The molecule has 110 valence electrons. The third-order valence-electron chi connectivity index (χ3n) is 2.85. The van der Waals surface area contributed by atoms with Gasteiger partial charge in [0.15, 0.2) is 0 Å². The highest BCUT2D eigenvalue weighted by Crippen LogP contribution is 2.28. The molecule has 0 radical (unpaired) electrons. The number of hydrogen-bond acceptors (Lipinski definition) is 4. The van der Waals surface area contributed by atoms with Gasteiger partial charge in [-0.15, -0.1) is 0 Å². The van der Waals surface area contributed by atoms with Gasteiger partial charge in [0.2, 0.25) is 0 Å². The molecule has 21 heavy (non-hydrogen) atoms. The van der Waals surface area contributed by atoms with Gasteiger partial charge < -0.3 is 10.5 Å². The number of nitro benzene ring substituents is 1. The van der Waals surface area contributed by atoms with Crippen LogP contribution in [0.15, 0.2) is 36.4 Å². The van der Waals surface area contributed by atoms with Crippen LogP contribution in [0.5, 0.6) is 5.75 Å². The van der Waals surface area contributed by atoms with E-state index < -0.39 is 4.92 Å². The molecular formula is C14H12Cl2N2O3. The molecule has 0 aromatic heterocycles. The van der Waals surface area contributed by atoms with Crippen molar-refractivity contribution in [1.82, 2.24) is 0 Å². The molecule has 5 nitrogen and oxygen atoms in total. The van der Waals surface area contributed by atoms with Gasteiger partial charge in [0.1, 0.15) is 12.4 Å². The second kappa shape index (κ2) is 6.76. The van der Waals surface area contributed by atoms with Crippen molar-refractivity contribution in [2.24, 2.45) is 5.73 Å². The normalized spacial score (nSPS) is 10.4. The maximum atomic E-state index is 11.0. The highest BCUT2D eigenvalue weighted by molar-refractivity contribution is 6.32. The van der Waals surface area contributed by atoms with Crippen LogP contribution in [0.2, 0.25) is 10.0 Å². The highest BCUT2D eigenvalue weighted by Gasteiger charge is 2.15. The number of benzene rings is 2. The summed E-state index contributed by atoms with van der Waals surface area (Å²) in [5.41, 5.74) is 6.72. The molecule has 0 unspecified atom stereocenters. The summed E-state index contributed by atoms with van der Waals surface area (Å²) in [4.78, 5) is 10.5. The number of nitrogens with two attached hydrogens (primary N) is 1. The quantitative estimate of drug-likeness (QED) is 0.666. The van der Waals surface area contributed by atoms with Crippen molar-refractivity contribution in [2.75, 3.05) is 0 Å². The van der Waals surface area contributed by atoms with E-state index in [4.69, 9.17) is 33.7 Å². The molecule has 2 N–H and O–H groups in total. The Morgan fingerprint density at radius 2 is 1.95 bits per heavy atom. The molecule has 0 bridgehead atoms. The molecule has 2 aromatic carbocycles. The molecule has 0 fully saturated rings. The Balaban J connectivity index is 2.20. The lowest BCUT2D eigenvalue weighted by Crippen LogP contribution is -2.02. The average molecular weight is 327 g/mol. The predicted molar refractivity (Wildman–Crippen MR) is 81.8 cm³/mol. The number of hydrogen-bond donors (Lipinski definition) is 1. The largest absolute Gasteiger partial charge is 0.487 e. The molecule has 0 heterocycles. The van der Waals surface area contributed by atoms with Gasteiger partial charge in [-0.1, -0.05) is 29.3 Å². The monoisotopic (exact) mass is 326 g/mol. The summed E-state index contributed by atoms with van der Waals surface area (Å²) in [6, 6.07) is 9.48. The Morgan fingerprint density at radius 3 is 2.57 bits per heavy atom. The van der Waals surface area contributed by atoms with Gasteiger partial charge in [-0.3, -0.25) is 10.1 Å². The number of rotatable bonds is 5. The smallest absolute Gasteiger partial charge is 0.276 e. The van der Waals surface area contributed by atoms with Gasteiger partial charge in [-0.25, -0.2) is 0 Å². The van der Waals surface area contributed by atoms with Gasteiger partial charge in [0, 0.05) is 17.6 Å². The van der Waals surface area contributed by atoms with E-state index in [0.29, 0.717) is 27.9 Å². The van der Waals surface area contributed by atoms with Crippen LogP contribution in [0.4, 0.5) is 5.69 Å². The fourth-order valence-electron chi connectivity index (χ4n) is 1.79. The molecular weight excluding hydrogens is 315 g/mol. The summed E-state index contributed by atoms with van der Waals surface area (Å²) in [5, 5.41) is 11.8. The number of nitrogens with zero attached hydrogens (tertiary/aromatic N) is 1. The van der Waals surface area contributed by atoms with Crippen LogP contribution in [0, 0.1) is 10.1 Å². The van der Waals surface area contributed by atoms with Crippen LogP contribution >= 0.6 is 23.2 Å². The molecule has 0 aliphatic heterocycles. The van der Waals surface area contributed by atoms with Crippen molar-refractivity contribution in [3.8, 4) is 5.75 Å². The molecule has 0 atom stereocenters. The topological polar surface area (TPSA) is 78.4 Å². The van der Waals surface area contributed by atoms with Crippen LogP contribution in [-0.4, -0.2) is 4.92 Å². The summed E-state index contributed by atoms with van der Waals surface area (Å²) in [7, 11) is 0. The van der Waals surface area contributed by atoms with Crippen molar-refractivity contribution >= 4 is 28.9 Å². The summed E-state index contributed by atoms with van der Waals surface area (Å²) >= 11 is 11.9. The molecule has 0 aliphatic carbocycles. The van der Waals surface area contributed by atoms with Crippen molar-refractivity contribution in [1.29, 1.82) is 0 Å². The van der Waals surface area contributed by atoms with Crippen molar-refractivity contribution in [2.45, 2.75) is 13.2 Å². The molecule has 0 amide bonds. The molecule has 2 aromatic rings. The minimum Gasteiger partial charge on any atom is -0.487 e. The number of ether oxygens (including phenoxy) is 1. The average Bonchev–Trinajstić information content (AvgIpc) is 2.45. The summed E-state index contributed by atoms with van der Waals surface area (Å²) in [6.07, 6.45) is 0. The van der Waals surface area contributed by atoms with E-state index in [0.717, 1.165) is 5.56 Å². The first kappa shape index (κ1) is 15.6. The zero-order valence-corrected chi connectivity index (χ0v) is 12.4. The van der Waals surface area contributed by atoms with E-state index in [1.807, 2.05) is 0 Å². The molecule has 0 spiro atoms. The van der Waals surface area contributed by atoms with Crippen LogP contribution in [0.1, 0.15) is 11.1 Å². The fraction of sp³-hybridized carbons (Fsp3) is 0.143. The standard InChI is InChI=1S/C14H12Cl2N2O3/c15-11-2-3-13(18(19)20)10(6-11)8-21-14-4-1-9(7-17)5-12(14)16/h1-6H,7-8,17H2. The third kappa shape index (κ3) is 3.85. The lowest BCUT2D eigenvalue weighted by Gasteiger charge is -2.09. The SMILES string of the molecule is NCc1ccc(OCc2cc(Cl)ccc2[N+](=O)[O-])c(Cl)c1. The lowest BCUT2D eigenvalue weighted by molar-refractivity contribution is -0.385. The second-order valence-electron chi connectivity index (χ2n) is 4.29. The lowest BCUT2D eigenvalue weighted by atomic mass is 10.2. The minimum atomic E-state index is -0.478. The molecule has 0 aliphatic rings. The predicted octanol–water partition coefficient (Wildman–Crippen LogP) is 3.94. The Bertz CT molecular complexity index is 677. The Kier molecular flexibility index (Phi) is 5.01. The zero-order chi connectivity index (χ0) is 15.4. The first-order valence-corrected chi connectivity index (χ1v) is 6.81. The van der Waals surface area contributed by atoms with Crippen molar-refractivity contribution in [3.63, 3.8) is 0 Å². The Labute approximate surface area is 131 Å². The van der Waals surface area contributed by atoms with E-state index in [9.17, 15) is 10.1 Å². The van der Waals surface area contributed by atoms with Crippen LogP contribution in [-0.2, 0) is 13.2 Å². The van der Waals surface area contributed by atoms with Gasteiger partial charge in [-0.05, 0) is 29.8 Å². The van der Waals surface area contributed by atoms with Crippen molar-refractivity contribution < 1.29 is 9.66 Å². The van der Waals surface area contributed by atoms with E-state index in [-0.39, 0.29) is 12.3 Å². The van der Waals surface area contributed by atoms with Crippen LogP contribution < -0.4 is 10.5 Å². The van der Waals surface area contributed by atoms with Gasteiger partial charge in [-0.2, -0.15) is 0 Å². The molecule has 7 heteroatoms. The summed E-state index contributed by atoms with van der Waals surface area (Å²) < 4.78 is 5.53. The van der Waals surface area contributed by atoms with E-state index in [1.165, 1.54) is 18.2 Å². The number of halogens is 2. The Morgan fingerprint density at radius 1 is 1.19 bits per heavy atom. The zero-order valence-electron chi connectivity index (χ0n) is 10.9. The molecule has 2 rings (SSSR count). The maximum Gasteiger partial charge on any atom is 0.276 e. The van der Waals surface area contributed by atoms with Crippen LogP contribution in [0.25, 0.3) is 0 Å². The number of nitro groups is 1. The first-order valence-electron chi connectivity index (χ1n) is 6.05. The summed E-state index contributed by atoms with van der Waals surface area (Å²) in [6.45, 7) is 0.373. The van der Waals surface area contributed by atoms with E-state index >= 15 is 0 Å². The van der Waals surface area contributed by atoms with Crippen molar-refractivity contribution in [3.05, 3.63) is 67.7 Å². The highest BCUT2D eigenvalue weighted by atomic mass is 35.5. The Hall–Kier alpha value is -1.82. The van der Waals surface area contributed by atoms with Crippen LogP contribution in [0.3, 0.4) is 0 Å². The van der Waals surface area contributed by atoms with Gasteiger partial charge >= 0.3 is 0 Å². The molecule has 0 saturated carbocycles. The van der Waals surface area contributed by atoms with E-state index in [1.54, 1.807) is 18.2 Å². The maximum absolute atomic E-state index is 11.0. The summed E-state index contributed by atoms with van der Waals surface area (Å²) in [5.74, 6) is 0.433. The van der Waals surface area contributed by atoms with Gasteiger partial charge in [0.25, 0.3) is 5.69 Å². The van der Waals surface area contributed by atoms with E-state index in [2.05, 4.69) is 0 Å². The molecule has 0 saturated heterocycles. The second-order valence-corrected chi connectivity index (χ2v) is 5.13.